The van der Waals surface area contributed by atoms with Crippen LogP contribution in [0.4, 0.5) is 0 Å². The smallest absolute Gasteiger partial charge is 0.319 e. The number of carbonyl (C=O) groups is 1. The van der Waals surface area contributed by atoms with Crippen molar-refractivity contribution in [2.24, 2.45) is 0 Å². The first-order valence-corrected chi connectivity index (χ1v) is 5.83. The zero-order valence-corrected chi connectivity index (χ0v) is 10.7. The topological polar surface area (TPSA) is 42.4 Å². The quantitative estimate of drug-likeness (QED) is 0.702. The van der Waals surface area contributed by atoms with Crippen molar-refractivity contribution in [3.05, 3.63) is 30.1 Å². The molecule has 4 nitrogen and oxygen atoms in total. The van der Waals surface area contributed by atoms with Crippen LogP contribution in [0.25, 0.3) is 0 Å². The first-order valence-electron chi connectivity index (χ1n) is 5.83. The zero-order valence-electron chi connectivity index (χ0n) is 10.7. The van der Waals surface area contributed by atoms with Crippen molar-refractivity contribution in [2.75, 3.05) is 20.2 Å². The molecule has 0 radical (unpaired) electrons. The number of rotatable bonds is 6. The fourth-order valence-electron chi connectivity index (χ4n) is 1.57. The van der Waals surface area contributed by atoms with E-state index in [9.17, 15) is 4.79 Å². The Balaban J connectivity index is 2.47. The second-order valence-corrected chi connectivity index (χ2v) is 4.25. The summed E-state index contributed by atoms with van der Waals surface area (Å²) in [6, 6.07) is 4.30. The maximum Gasteiger partial charge on any atom is 0.319 e. The van der Waals surface area contributed by atoms with Crippen LogP contribution in [-0.2, 0) is 16.0 Å². The first kappa shape index (κ1) is 13.6. The van der Waals surface area contributed by atoms with Gasteiger partial charge in [-0.3, -0.25) is 14.7 Å². The van der Waals surface area contributed by atoms with E-state index in [2.05, 4.69) is 28.5 Å². The maximum atomic E-state index is 11.3. The molecular weight excluding hydrogens is 216 g/mol. The van der Waals surface area contributed by atoms with Gasteiger partial charge >= 0.3 is 5.97 Å². The van der Waals surface area contributed by atoms with Crippen molar-refractivity contribution in [2.45, 2.75) is 26.3 Å². The Hall–Kier alpha value is -1.42. The Kier molecular flexibility index (Phi) is 5.63. The zero-order chi connectivity index (χ0) is 12.7. The van der Waals surface area contributed by atoms with Crippen LogP contribution < -0.4 is 0 Å². The van der Waals surface area contributed by atoms with E-state index >= 15 is 0 Å². The number of pyridine rings is 1. The number of nitrogens with zero attached hydrogens (tertiary/aromatic N) is 2. The van der Waals surface area contributed by atoms with Gasteiger partial charge < -0.3 is 4.74 Å². The van der Waals surface area contributed by atoms with Crippen LogP contribution in [-0.4, -0.2) is 42.1 Å². The van der Waals surface area contributed by atoms with Crippen molar-refractivity contribution in [1.82, 2.24) is 9.88 Å². The number of methoxy groups -OCH3 is 1. The molecule has 0 amide bonds. The normalized spacial score (nSPS) is 10.9. The molecule has 4 heteroatoms. The lowest BCUT2D eigenvalue weighted by molar-refractivity contribution is -0.142. The minimum Gasteiger partial charge on any atom is -0.468 e. The molecule has 94 valence electrons. The van der Waals surface area contributed by atoms with Crippen LogP contribution in [0.2, 0.25) is 0 Å². The van der Waals surface area contributed by atoms with Crippen LogP contribution in [0, 0.1) is 0 Å². The summed E-state index contributed by atoms with van der Waals surface area (Å²) >= 11 is 0. The summed E-state index contributed by atoms with van der Waals surface area (Å²) in [6.07, 6.45) is 4.51. The molecule has 0 spiro atoms. The average molecular weight is 236 g/mol. The fraction of sp³-hybridized carbons (Fsp3) is 0.538. The van der Waals surface area contributed by atoms with E-state index in [1.807, 2.05) is 18.3 Å². The third kappa shape index (κ3) is 4.95. The minimum absolute atomic E-state index is 0.190. The molecule has 0 aromatic carbocycles. The van der Waals surface area contributed by atoms with Crippen molar-refractivity contribution >= 4 is 5.97 Å². The van der Waals surface area contributed by atoms with Crippen LogP contribution in [0.5, 0.6) is 0 Å². The van der Waals surface area contributed by atoms with Crippen LogP contribution >= 0.6 is 0 Å². The molecule has 0 atom stereocenters. The van der Waals surface area contributed by atoms with E-state index in [4.69, 9.17) is 0 Å². The molecule has 0 N–H and O–H groups in total. The molecule has 1 rings (SSSR count). The van der Waals surface area contributed by atoms with Crippen molar-refractivity contribution in [1.29, 1.82) is 0 Å². The molecule has 0 saturated heterocycles. The van der Waals surface area contributed by atoms with E-state index in [0.29, 0.717) is 12.6 Å². The van der Waals surface area contributed by atoms with E-state index in [1.165, 1.54) is 12.7 Å². The standard InChI is InChI=1S/C13H20N2O2/c1-11(2)15(10-13(16)17-3)8-6-12-5-4-7-14-9-12/h4-5,7,9,11H,6,8,10H2,1-3H3. The Morgan fingerprint density at radius 2 is 2.29 bits per heavy atom. The summed E-state index contributed by atoms with van der Waals surface area (Å²) in [6.45, 7) is 5.32. The van der Waals surface area contributed by atoms with Gasteiger partial charge in [0.2, 0.25) is 0 Å². The summed E-state index contributed by atoms with van der Waals surface area (Å²) < 4.78 is 4.69. The highest BCUT2D eigenvalue weighted by molar-refractivity contribution is 5.71. The Morgan fingerprint density at radius 1 is 1.53 bits per heavy atom. The van der Waals surface area contributed by atoms with Crippen molar-refractivity contribution in [3.8, 4) is 0 Å². The van der Waals surface area contributed by atoms with E-state index in [1.54, 1.807) is 6.20 Å². The highest BCUT2D eigenvalue weighted by Crippen LogP contribution is 2.03. The van der Waals surface area contributed by atoms with Gasteiger partial charge in [0.1, 0.15) is 0 Å². The summed E-state index contributed by atoms with van der Waals surface area (Å²) in [5, 5.41) is 0. The molecule has 0 aliphatic heterocycles. The number of carbonyl (C=O) groups excluding carboxylic acids is 1. The van der Waals surface area contributed by atoms with Gasteiger partial charge in [0.25, 0.3) is 0 Å². The average Bonchev–Trinajstić information content (AvgIpc) is 2.35. The largest absolute Gasteiger partial charge is 0.468 e. The number of hydrogen-bond acceptors (Lipinski definition) is 4. The van der Waals surface area contributed by atoms with Crippen LogP contribution in [0.3, 0.4) is 0 Å². The van der Waals surface area contributed by atoms with Gasteiger partial charge in [-0.05, 0) is 31.9 Å². The van der Waals surface area contributed by atoms with Gasteiger partial charge in [0.05, 0.1) is 13.7 Å². The van der Waals surface area contributed by atoms with E-state index in [-0.39, 0.29) is 5.97 Å². The lowest BCUT2D eigenvalue weighted by atomic mass is 10.2. The molecule has 1 heterocycles. The predicted molar refractivity (Wildman–Crippen MR) is 66.7 cm³/mol. The Morgan fingerprint density at radius 3 is 2.82 bits per heavy atom. The maximum absolute atomic E-state index is 11.3. The summed E-state index contributed by atoms with van der Waals surface area (Å²) in [4.78, 5) is 17.4. The number of aromatic nitrogens is 1. The first-order chi connectivity index (χ1) is 8.13. The Labute approximate surface area is 103 Å². The van der Waals surface area contributed by atoms with Gasteiger partial charge in [-0.2, -0.15) is 0 Å². The SMILES string of the molecule is COC(=O)CN(CCc1cccnc1)C(C)C. The number of esters is 1. The van der Waals surface area contributed by atoms with Crippen molar-refractivity contribution < 1.29 is 9.53 Å². The molecule has 17 heavy (non-hydrogen) atoms. The molecule has 0 aliphatic rings. The van der Waals surface area contributed by atoms with Crippen molar-refractivity contribution in [3.63, 3.8) is 0 Å². The molecule has 0 fully saturated rings. The number of ether oxygens (including phenoxy) is 1. The van der Waals surface area contributed by atoms with Gasteiger partial charge in [-0.25, -0.2) is 0 Å². The summed E-state index contributed by atoms with van der Waals surface area (Å²) in [5.74, 6) is -0.190. The number of hydrogen-bond donors (Lipinski definition) is 0. The fourth-order valence-corrected chi connectivity index (χ4v) is 1.57. The molecule has 1 aromatic rings. The third-order valence-corrected chi connectivity index (χ3v) is 2.70. The highest BCUT2D eigenvalue weighted by Gasteiger charge is 2.13. The van der Waals surface area contributed by atoms with Gasteiger partial charge in [-0.1, -0.05) is 6.07 Å². The monoisotopic (exact) mass is 236 g/mol. The molecular formula is C13H20N2O2. The van der Waals surface area contributed by atoms with E-state index in [0.717, 1.165) is 13.0 Å². The summed E-state index contributed by atoms with van der Waals surface area (Å²) in [5.41, 5.74) is 1.18. The van der Waals surface area contributed by atoms with Gasteiger partial charge in [0, 0.05) is 25.0 Å². The van der Waals surface area contributed by atoms with Gasteiger partial charge in [-0.15, -0.1) is 0 Å². The van der Waals surface area contributed by atoms with E-state index < -0.39 is 0 Å². The molecule has 0 aliphatic carbocycles. The lowest BCUT2D eigenvalue weighted by Gasteiger charge is -2.24. The van der Waals surface area contributed by atoms with Crippen LogP contribution in [0.1, 0.15) is 19.4 Å². The second-order valence-electron chi connectivity index (χ2n) is 4.25. The lowest BCUT2D eigenvalue weighted by Crippen LogP contribution is -2.37. The molecule has 0 unspecified atom stereocenters. The minimum atomic E-state index is -0.190. The second kappa shape index (κ2) is 7.01. The highest BCUT2D eigenvalue weighted by atomic mass is 16.5. The van der Waals surface area contributed by atoms with Crippen LogP contribution in [0.15, 0.2) is 24.5 Å². The molecule has 0 saturated carbocycles. The molecule has 0 bridgehead atoms. The Bertz CT molecular complexity index is 339. The summed E-state index contributed by atoms with van der Waals surface area (Å²) in [7, 11) is 1.42. The predicted octanol–water partition coefficient (Wildman–Crippen LogP) is 1.51. The molecule has 1 aromatic heterocycles. The van der Waals surface area contributed by atoms with Gasteiger partial charge in [0.15, 0.2) is 0 Å². The third-order valence-electron chi connectivity index (χ3n) is 2.70.